The molecule has 0 spiro atoms. The summed E-state index contributed by atoms with van der Waals surface area (Å²) in [5.74, 6) is -0.448. The van der Waals surface area contributed by atoms with E-state index in [1.54, 1.807) is 4.90 Å². The third kappa shape index (κ3) is 4.13. The zero-order valence-corrected chi connectivity index (χ0v) is 18.7. The van der Waals surface area contributed by atoms with Crippen LogP contribution in [0.15, 0.2) is 53.4 Å². The van der Waals surface area contributed by atoms with Gasteiger partial charge in [0.25, 0.3) is 0 Å². The molecule has 0 aromatic heterocycles. The monoisotopic (exact) mass is 449 g/mol. The van der Waals surface area contributed by atoms with Gasteiger partial charge in [-0.05, 0) is 55.4 Å². The van der Waals surface area contributed by atoms with Gasteiger partial charge in [0.05, 0.1) is 11.7 Å². The third-order valence-corrected chi connectivity index (χ3v) is 7.98. The van der Waals surface area contributed by atoms with Crippen LogP contribution in [0.1, 0.15) is 42.9 Å². The molecule has 2 heterocycles. The number of carbonyl (C=O) groups excluding carboxylic acids is 3. The SMILES string of the molecule is O=C(N[C@@H]1CCCc2ccccc21)C1CCN(C(=O)[C@H]2Sc3ccccc3NC2=O)CC1. The van der Waals surface area contributed by atoms with Crippen LogP contribution in [-0.4, -0.2) is 41.0 Å². The number of aryl methyl sites for hydroxylation is 1. The van der Waals surface area contributed by atoms with E-state index in [1.807, 2.05) is 30.3 Å². The molecule has 0 bridgehead atoms. The highest BCUT2D eigenvalue weighted by Gasteiger charge is 2.38. The summed E-state index contributed by atoms with van der Waals surface area (Å²) in [6.45, 7) is 1.01. The number of hydrogen-bond acceptors (Lipinski definition) is 4. The van der Waals surface area contributed by atoms with Gasteiger partial charge in [-0.15, -0.1) is 11.8 Å². The molecular formula is C25H27N3O3S. The molecule has 2 aromatic carbocycles. The summed E-state index contributed by atoms with van der Waals surface area (Å²) in [6.07, 6.45) is 4.37. The summed E-state index contributed by atoms with van der Waals surface area (Å²) in [4.78, 5) is 41.2. The largest absolute Gasteiger partial charge is 0.349 e. The van der Waals surface area contributed by atoms with Gasteiger partial charge in [0, 0.05) is 23.9 Å². The number of nitrogens with one attached hydrogen (secondary N) is 2. The van der Waals surface area contributed by atoms with Crippen LogP contribution in [-0.2, 0) is 20.8 Å². The number of para-hydroxylation sites is 1. The van der Waals surface area contributed by atoms with Gasteiger partial charge in [0.2, 0.25) is 17.7 Å². The molecule has 0 unspecified atom stereocenters. The number of rotatable bonds is 3. The number of thioether (sulfide) groups is 1. The van der Waals surface area contributed by atoms with E-state index >= 15 is 0 Å². The van der Waals surface area contributed by atoms with Gasteiger partial charge in [-0.3, -0.25) is 14.4 Å². The lowest BCUT2D eigenvalue weighted by Gasteiger charge is -2.35. The number of nitrogens with zero attached hydrogens (tertiary/aromatic N) is 1. The molecule has 166 valence electrons. The Morgan fingerprint density at radius 2 is 1.75 bits per heavy atom. The zero-order chi connectivity index (χ0) is 22.1. The van der Waals surface area contributed by atoms with Crippen LogP contribution in [0.25, 0.3) is 0 Å². The quantitative estimate of drug-likeness (QED) is 0.703. The minimum absolute atomic E-state index is 0.0783. The van der Waals surface area contributed by atoms with Crippen molar-refractivity contribution in [3.8, 4) is 0 Å². The fourth-order valence-electron chi connectivity index (χ4n) is 4.94. The van der Waals surface area contributed by atoms with Crippen LogP contribution < -0.4 is 10.6 Å². The smallest absolute Gasteiger partial charge is 0.247 e. The summed E-state index contributed by atoms with van der Waals surface area (Å²) < 4.78 is 0. The van der Waals surface area contributed by atoms with Crippen LogP contribution in [0.2, 0.25) is 0 Å². The molecule has 2 atom stereocenters. The van der Waals surface area contributed by atoms with Crippen molar-refractivity contribution in [1.82, 2.24) is 10.2 Å². The minimum Gasteiger partial charge on any atom is -0.349 e. The molecule has 7 heteroatoms. The van der Waals surface area contributed by atoms with E-state index in [0.717, 1.165) is 29.8 Å². The highest BCUT2D eigenvalue weighted by molar-refractivity contribution is 8.01. The number of amides is 3. The predicted molar refractivity (Wildman–Crippen MR) is 124 cm³/mol. The number of carbonyl (C=O) groups is 3. The minimum atomic E-state index is -0.769. The van der Waals surface area contributed by atoms with E-state index in [9.17, 15) is 14.4 Å². The lowest BCUT2D eigenvalue weighted by atomic mass is 9.87. The first kappa shape index (κ1) is 21.1. The molecule has 3 aliphatic rings. The zero-order valence-electron chi connectivity index (χ0n) is 17.9. The van der Waals surface area contributed by atoms with Crippen molar-refractivity contribution in [3.05, 3.63) is 59.7 Å². The van der Waals surface area contributed by atoms with Crippen LogP contribution in [0.3, 0.4) is 0 Å². The van der Waals surface area contributed by atoms with E-state index in [4.69, 9.17) is 0 Å². The van der Waals surface area contributed by atoms with Gasteiger partial charge < -0.3 is 15.5 Å². The second-order valence-electron chi connectivity index (χ2n) is 8.74. The Labute approximate surface area is 192 Å². The maximum absolute atomic E-state index is 13.0. The average molecular weight is 450 g/mol. The van der Waals surface area contributed by atoms with Crippen molar-refractivity contribution < 1.29 is 14.4 Å². The number of fused-ring (bicyclic) bond motifs is 2. The molecule has 2 aliphatic heterocycles. The van der Waals surface area contributed by atoms with E-state index in [1.165, 1.54) is 22.9 Å². The van der Waals surface area contributed by atoms with Crippen molar-refractivity contribution in [3.63, 3.8) is 0 Å². The van der Waals surface area contributed by atoms with Crippen molar-refractivity contribution in [1.29, 1.82) is 0 Å². The van der Waals surface area contributed by atoms with Crippen LogP contribution in [0.5, 0.6) is 0 Å². The fourth-order valence-corrected chi connectivity index (χ4v) is 6.01. The van der Waals surface area contributed by atoms with Gasteiger partial charge in [-0.25, -0.2) is 0 Å². The standard InChI is InChI=1S/C25H27N3O3S/c29-23(26-19-10-5-7-16-6-1-2-8-18(16)19)17-12-14-28(15-13-17)25(31)22-24(30)27-20-9-3-4-11-21(20)32-22/h1-4,6,8-9,11,17,19,22H,5,7,10,12-15H2,(H,26,29)(H,27,30)/t19-,22+/m1/s1. The highest BCUT2D eigenvalue weighted by atomic mass is 32.2. The maximum Gasteiger partial charge on any atom is 0.247 e. The number of anilines is 1. The van der Waals surface area contributed by atoms with Crippen LogP contribution in [0, 0.1) is 5.92 Å². The normalized spacial score (nSPS) is 23.0. The lowest BCUT2D eigenvalue weighted by Crippen LogP contribution is -2.49. The van der Waals surface area contributed by atoms with Gasteiger partial charge in [-0.1, -0.05) is 36.4 Å². The molecule has 2 aromatic rings. The Morgan fingerprint density at radius 3 is 2.59 bits per heavy atom. The van der Waals surface area contributed by atoms with E-state index in [2.05, 4.69) is 28.8 Å². The number of likely N-dealkylation sites (tertiary alicyclic amines) is 1. The van der Waals surface area contributed by atoms with Crippen LogP contribution >= 0.6 is 11.8 Å². The van der Waals surface area contributed by atoms with Crippen molar-refractivity contribution in [2.45, 2.75) is 48.3 Å². The van der Waals surface area contributed by atoms with Crippen molar-refractivity contribution in [2.75, 3.05) is 18.4 Å². The molecule has 2 N–H and O–H groups in total. The highest BCUT2D eigenvalue weighted by Crippen LogP contribution is 2.36. The topological polar surface area (TPSA) is 78.5 Å². The number of hydrogen-bond donors (Lipinski definition) is 2. The predicted octanol–water partition coefficient (Wildman–Crippen LogP) is 3.53. The van der Waals surface area contributed by atoms with Gasteiger partial charge >= 0.3 is 0 Å². The number of benzene rings is 2. The first-order chi connectivity index (χ1) is 15.6. The molecule has 1 aliphatic carbocycles. The number of piperidine rings is 1. The van der Waals surface area contributed by atoms with Crippen molar-refractivity contribution >= 4 is 35.2 Å². The fraction of sp³-hybridized carbons (Fsp3) is 0.400. The second kappa shape index (κ2) is 8.98. The Hall–Kier alpha value is -2.80. The molecule has 0 radical (unpaired) electrons. The van der Waals surface area contributed by atoms with Gasteiger partial charge in [0.15, 0.2) is 5.25 Å². The van der Waals surface area contributed by atoms with E-state index in [-0.39, 0.29) is 29.7 Å². The molecule has 6 nitrogen and oxygen atoms in total. The molecule has 0 saturated carbocycles. The summed E-state index contributed by atoms with van der Waals surface area (Å²) in [7, 11) is 0. The first-order valence-corrected chi connectivity index (χ1v) is 12.2. The van der Waals surface area contributed by atoms with E-state index < -0.39 is 5.25 Å². The molecule has 3 amide bonds. The summed E-state index contributed by atoms with van der Waals surface area (Å²) in [5, 5.41) is 5.33. The Morgan fingerprint density at radius 1 is 1.00 bits per heavy atom. The Balaban J connectivity index is 1.17. The molecule has 5 rings (SSSR count). The molecule has 1 saturated heterocycles. The maximum atomic E-state index is 13.0. The van der Waals surface area contributed by atoms with Gasteiger partial charge in [0.1, 0.15) is 0 Å². The second-order valence-corrected chi connectivity index (χ2v) is 9.88. The average Bonchev–Trinajstić information content (AvgIpc) is 2.83. The third-order valence-electron chi connectivity index (χ3n) is 6.72. The summed E-state index contributed by atoms with van der Waals surface area (Å²) in [5.41, 5.74) is 3.32. The van der Waals surface area contributed by atoms with Crippen LogP contribution in [0.4, 0.5) is 5.69 Å². The summed E-state index contributed by atoms with van der Waals surface area (Å²) in [6, 6.07) is 16.0. The van der Waals surface area contributed by atoms with Crippen molar-refractivity contribution in [2.24, 2.45) is 5.92 Å². The molecular weight excluding hydrogens is 422 g/mol. The molecule has 32 heavy (non-hydrogen) atoms. The Kier molecular flexibility index (Phi) is 5.91. The van der Waals surface area contributed by atoms with Gasteiger partial charge in [-0.2, -0.15) is 0 Å². The van der Waals surface area contributed by atoms with E-state index in [0.29, 0.717) is 25.9 Å². The summed E-state index contributed by atoms with van der Waals surface area (Å²) >= 11 is 1.31. The molecule has 1 fully saturated rings. The first-order valence-electron chi connectivity index (χ1n) is 11.3. The lowest BCUT2D eigenvalue weighted by molar-refractivity contribution is -0.137. The Bertz CT molecular complexity index is 1050.